The van der Waals surface area contributed by atoms with E-state index in [9.17, 15) is 0 Å². The fourth-order valence-corrected chi connectivity index (χ4v) is 8.95. The molecule has 0 fully saturated rings. The van der Waals surface area contributed by atoms with Gasteiger partial charge in [0.15, 0.2) is 0 Å². The molecule has 2 aliphatic rings. The molecule has 2 aliphatic heterocycles. The van der Waals surface area contributed by atoms with Crippen LogP contribution < -0.4 is 0 Å². The summed E-state index contributed by atoms with van der Waals surface area (Å²) in [5.74, 6) is 0. The van der Waals surface area contributed by atoms with Crippen LogP contribution >= 0.6 is 23.5 Å². The number of hydrogen-bond donors (Lipinski definition) is 0. The number of hydrogen-bond acceptors (Lipinski definition) is 2. The summed E-state index contributed by atoms with van der Waals surface area (Å²) in [4.78, 5) is 5.30. The summed E-state index contributed by atoms with van der Waals surface area (Å²) >= 11 is 3.81. The molecule has 0 saturated carbocycles. The monoisotopic (exact) mass is 532 g/mol. The van der Waals surface area contributed by atoms with Crippen molar-refractivity contribution < 1.29 is 0 Å². The first-order valence-corrected chi connectivity index (χ1v) is 14.9. The van der Waals surface area contributed by atoms with Crippen molar-refractivity contribution in [1.82, 2.24) is 0 Å². The van der Waals surface area contributed by atoms with Crippen molar-refractivity contribution in [3.05, 3.63) is 168 Å². The maximum Gasteiger partial charge on any atom is 0.0757 e. The summed E-state index contributed by atoms with van der Waals surface area (Å²) in [6, 6.07) is 53.7. The molecule has 1 spiro atoms. The van der Waals surface area contributed by atoms with Crippen LogP contribution in [0.1, 0.15) is 22.3 Å². The minimum atomic E-state index is -0.465. The highest BCUT2D eigenvalue weighted by Crippen LogP contribution is 2.64. The van der Waals surface area contributed by atoms with Gasteiger partial charge in [-0.2, -0.15) is 0 Å². The zero-order chi connectivity index (χ0) is 25.8. The molecule has 0 nitrogen and oxygen atoms in total. The molecule has 0 aliphatic carbocycles. The first-order valence-electron chi connectivity index (χ1n) is 13.3. The average molecular weight is 533 g/mol. The predicted octanol–water partition coefficient (Wildman–Crippen LogP) is 10.3. The molecule has 0 bridgehead atoms. The zero-order valence-corrected chi connectivity index (χ0v) is 22.8. The molecule has 6 aromatic carbocycles. The van der Waals surface area contributed by atoms with Crippen molar-refractivity contribution in [3.8, 4) is 22.3 Å². The van der Waals surface area contributed by atoms with Crippen LogP contribution in [-0.4, -0.2) is 0 Å². The lowest BCUT2D eigenvalue weighted by atomic mass is 9.61. The summed E-state index contributed by atoms with van der Waals surface area (Å²) in [7, 11) is 0. The zero-order valence-electron chi connectivity index (χ0n) is 21.2. The molecule has 2 heterocycles. The van der Waals surface area contributed by atoms with Gasteiger partial charge in [-0.05, 0) is 68.8 Å². The molecule has 6 aromatic rings. The lowest BCUT2D eigenvalue weighted by Gasteiger charge is -2.47. The van der Waals surface area contributed by atoms with Crippen LogP contribution in [-0.2, 0) is 5.41 Å². The molecule has 0 amide bonds. The second kappa shape index (κ2) is 9.05. The summed E-state index contributed by atoms with van der Waals surface area (Å²) < 4.78 is 0. The van der Waals surface area contributed by atoms with Crippen molar-refractivity contribution in [2.45, 2.75) is 25.0 Å². The fraction of sp³-hybridized carbons (Fsp3) is 0.0270. The minimum absolute atomic E-state index is 0.465. The molecule has 0 aromatic heterocycles. The molecule has 0 saturated heterocycles. The van der Waals surface area contributed by atoms with Gasteiger partial charge in [0.25, 0.3) is 0 Å². The Labute approximate surface area is 237 Å². The lowest BCUT2D eigenvalue weighted by molar-refractivity contribution is 0.671. The smallest absolute Gasteiger partial charge is 0.0757 e. The predicted molar refractivity (Wildman–Crippen MR) is 164 cm³/mol. The van der Waals surface area contributed by atoms with Crippen molar-refractivity contribution in [3.63, 3.8) is 0 Å². The first kappa shape index (κ1) is 23.0. The van der Waals surface area contributed by atoms with E-state index in [0.29, 0.717) is 0 Å². The van der Waals surface area contributed by atoms with Gasteiger partial charge in [-0.25, -0.2) is 0 Å². The Morgan fingerprint density at radius 1 is 0.333 bits per heavy atom. The van der Waals surface area contributed by atoms with Gasteiger partial charge in [-0.3, -0.25) is 0 Å². The Morgan fingerprint density at radius 3 is 1.18 bits per heavy atom. The van der Waals surface area contributed by atoms with Gasteiger partial charge in [-0.15, -0.1) is 0 Å². The molecule has 0 atom stereocenters. The van der Waals surface area contributed by atoms with Gasteiger partial charge >= 0.3 is 0 Å². The Morgan fingerprint density at radius 2 is 0.718 bits per heavy atom. The Kier molecular flexibility index (Phi) is 5.33. The van der Waals surface area contributed by atoms with Crippen LogP contribution in [0.15, 0.2) is 165 Å². The van der Waals surface area contributed by atoms with Gasteiger partial charge in [0, 0.05) is 19.6 Å². The van der Waals surface area contributed by atoms with Crippen molar-refractivity contribution in [1.29, 1.82) is 0 Å². The van der Waals surface area contributed by atoms with E-state index in [0.717, 1.165) is 0 Å². The highest BCUT2D eigenvalue weighted by molar-refractivity contribution is 8.00. The minimum Gasteiger partial charge on any atom is -0.0894 e. The van der Waals surface area contributed by atoms with Gasteiger partial charge < -0.3 is 0 Å². The molecule has 184 valence electrons. The van der Waals surface area contributed by atoms with Crippen LogP contribution in [0.3, 0.4) is 0 Å². The van der Waals surface area contributed by atoms with Gasteiger partial charge in [0.2, 0.25) is 0 Å². The number of fused-ring (bicyclic) bond motifs is 8. The maximum atomic E-state index is 2.37. The summed E-state index contributed by atoms with van der Waals surface area (Å²) in [5, 5.41) is 0. The standard InChI is InChI=1S/C37H24S2/c1-3-13-25(14-4-1)27-17-11-23-33-35(27)37(29-19-7-9-21-31(29)38-33)30-20-8-10-22-32(30)39-34-24-12-18-28(36(34)37)26-15-5-2-6-16-26/h1-24H. The third-order valence-corrected chi connectivity index (χ3v) is 10.3. The van der Waals surface area contributed by atoms with Crippen LogP contribution in [0.25, 0.3) is 22.3 Å². The highest BCUT2D eigenvalue weighted by Gasteiger charge is 2.51. The molecule has 0 radical (unpaired) electrons. The van der Waals surface area contributed by atoms with E-state index in [1.807, 2.05) is 23.5 Å². The van der Waals surface area contributed by atoms with Crippen LogP contribution in [0.4, 0.5) is 0 Å². The topological polar surface area (TPSA) is 0 Å². The highest BCUT2D eigenvalue weighted by atomic mass is 32.2. The number of rotatable bonds is 2. The van der Waals surface area contributed by atoms with Crippen molar-refractivity contribution >= 4 is 23.5 Å². The van der Waals surface area contributed by atoms with E-state index in [1.54, 1.807) is 0 Å². The molecular formula is C37H24S2. The van der Waals surface area contributed by atoms with Gasteiger partial charge in [-0.1, -0.05) is 145 Å². The third-order valence-electron chi connectivity index (χ3n) is 7.99. The normalized spacial score (nSPS) is 14.2. The molecule has 0 unspecified atom stereocenters. The van der Waals surface area contributed by atoms with Crippen LogP contribution in [0.5, 0.6) is 0 Å². The van der Waals surface area contributed by atoms with E-state index in [4.69, 9.17) is 0 Å². The molecule has 2 heteroatoms. The van der Waals surface area contributed by atoms with Crippen molar-refractivity contribution in [2.75, 3.05) is 0 Å². The van der Waals surface area contributed by atoms with Crippen LogP contribution in [0, 0.1) is 0 Å². The van der Waals surface area contributed by atoms with Crippen molar-refractivity contribution in [2.24, 2.45) is 0 Å². The second-order valence-corrected chi connectivity index (χ2v) is 12.2. The second-order valence-electron chi connectivity index (χ2n) is 10.0. The Bertz CT molecular complexity index is 1720. The fourth-order valence-electron chi connectivity index (χ4n) is 6.50. The van der Waals surface area contributed by atoms with Crippen LogP contribution in [0.2, 0.25) is 0 Å². The SMILES string of the molecule is c1ccc(-c2cccc3c2C2(c4ccccc4S3)c3ccccc3Sc3cccc(-c4ccccc4)c32)cc1. The number of benzene rings is 6. The average Bonchev–Trinajstić information content (AvgIpc) is 3.01. The Hall–Kier alpha value is -3.98. The van der Waals surface area contributed by atoms with E-state index in [-0.39, 0.29) is 0 Å². The Balaban J connectivity index is 1.61. The maximum absolute atomic E-state index is 2.37. The third kappa shape index (κ3) is 3.35. The van der Waals surface area contributed by atoms with Gasteiger partial charge in [0.05, 0.1) is 5.41 Å². The van der Waals surface area contributed by atoms with E-state index in [2.05, 4.69) is 146 Å². The van der Waals surface area contributed by atoms with Gasteiger partial charge in [0.1, 0.15) is 0 Å². The largest absolute Gasteiger partial charge is 0.0894 e. The molecular weight excluding hydrogens is 509 g/mol. The van der Waals surface area contributed by atoms with E-state index in [1.165, 1.54) is 64.1 Å². The summed E-state index contributed by atoms with van der Waals surface area (Å²) in [6.07, 6.45) is 0. The summed E-state index contributed by atoms with van der Waals surface area (Å²) in [6.45, 7) is 0. The first-order chi connectivity index (χ1) is 19.4. The molecule has 8 rings (SSSR count). The van der Waals surface area contributed by atoms with E-state index >= 15 is 0 Å². The molecule has 0 N–H and O–H groups in total. The lowest BCUT2D eigenvalue weighted by Crippen LogP contribution is -2.37. The quantitative estimate of drug-likeness (QED) is 0.217. The summed E-state index contributed by atoms with van der Waals surface area (Å²) in [5.41, 5.74) is 10.1. The molecule has 39 heavy (non-hydrogen) atoms. The van der Waals surface area contributed by atoms with E-state index < -0.39 is 5.41 Å².